The number of nitrogens with zero attached hydrogens (tertiary/aromatic N) is 1. The maximum Gasteiger partial charge on any atom is 0.240 e. The van der Waals surface area contributed by atoms with Crippen LogP contribution in [0.5, 0.6) is 0 Å². The fraction of sp³-hybridized carbons (Fsp3) is 0.231. The Hall–Kier alpha value is -1.83. The van der Waals surface area contributed by atoms with Crippen LogP contribution in [0.4, 0.5) is 0 Å². The molecule has 0 radical (unpaired) electrons. The Morgan fingerprint density at radius 2 is 1.85 bits per heavy atom. The summed E-state index contributed by atoms with van der Waals surface area (Å²) in [5.74, 6) is -0.443. The third-order valence-corrected chi connectivity index (χ3v) is 4.44. The average molecular weight is 294 g/mol. The molecule has 0 fully saturated rings. The second kappa shape index (κ2) is 5.28. The molecule has 0 amide bonds. The van der Waals surface area contributed by atoms with Crippen LogP contribution in [-0.4, -0.2) is 38.7 Å². The monoisotopic (exact) mass is 294 g/mol. The molecule has 7 heteroatoms. The van der Waals surface area contributed by atoms with Crippen molar-refractivity contribution in [2.75, 3.05) is 7.05 Å². The largest absolute Gasteiger partial charge is 0.379 e. The van der Waals surface area contributed by atoms with Gasteiger partial charge >= 0.3 is 0 Å². The molecule has 106 valence electrons. The standard InChI is InChI=1S/C13H14N2O4S/c1-8-12(13(17)11(16)7-15-8)9-3-5-10(6-4-9)20(18,19)14-2/h3-7,11,14,16H,1-2H3. The van der Waals surface area contributed by atoms with Crippen molar-refractivity contribution in [2.24, 2.45) is 4.99 Å². The number of hydrogen-bond acceptors (Lipinski definition) is 5. The van der Waals surface area contributed by atoms with Crippen LogP contribution in [0.2, 0.25) is 0 Å². The maximum absolute atomic E-state index is 11.9. The van der Waals surface area contributed by atoms with Gasteiger partial charge in [0.1, 0.15) is 0 Å². The van der Waals surface area contributed by atoms with Crippen LogP contribution in [0, 0.1) is 0 Å². The van der Waals surface area contributed by atoms with Crippen LogP contribution in [0.1, 0.15) is 12.5 Å². The van der Waals surface area contributed by atoms with Crippen LogP contribution >= 0.6 is 0 Å². The molecule has 1 atom stereocenters. The first-order chi connectivity index (χ1) is 9.36. The number of carbonyl (C=O) groups excluding carboxylic acids is 1. The Morgan fingerprint density at radius 1 is 1.25 bits per heavy atom. The number of aliphatic hydroxyl groups excluding tert-OH is 1. The highest BCUT2D eigenvalue weighted by molar-refractivity contribution is 7.89. The Morgan fingerprint density at radius 3 is 2.40 bits per heavy atom. The normalized spacial score (nSPS) is 19.6. The predicted molar refractivity (Wildman–Crippen MR) is 74.8 cm³/mol. The zero-order chi connectivity index (χ0) is 14.9. The number of benzene rings is 1. The summed E-state index contributed by atoms with van der Waals surface area (Å²) in [5, 5.41) is 9.51. The van der Waals surface area contributed by atoms with Crippen LogP contribution in [-0.2, 0) is 14.8 Å². The van der Waals surface area contributed by atoms with Crippen LogP contribution in [0.3, 0.4) is 0 Å². The van der Waals surface area contributed by atoms with Crippen molar-refractivity contribution in [1.29, 1.82) is 0 Å². The van der Waals surface area contributed by atoms with Crippen molar-refractivity contribution in [3.63, 3.8) is 0 Å². The van der Waals surface area contributed by atoms with Gasteiger partial charge in [0.05, 0.1) is 4.90 Å². The molecule has 0 saturated carbocycles. The Balaban J connectivity index is 2.45. The van der Waals surface area contributed by atoms with E-state index in [-0.39, 0.29) is 4.90 Å². The van der Waals surface area contributed by atoms with Gasteiger partial charge in [-0.3, -0.25) is 9.79 Å². The number of rotatable bonds is 3. The number of Topliss-reactive ketones (excluding diaryl/α,β-unsaturated/α-hetero) is 1. The third-order valence-electron chi connectivity index (χ3n) is 3.01. The van der Waals surface area contributed by atoms with Crippen LogP contribution in [0.25, 0.3) is 5.57 Å². The molecule has 0 aliphatic carbocycles. The molecule has 1 aromatic carbocycles. The summed E-state index contributed by atoms with van der Waals surface area (Å²) in [4.78, 5) is 16.0. The number of carbonyl (C=O) groups is 1. The first-order valence-corrected chi connectivity index (χ1v) is 7.36. The molecule has 2 N–H and O–H groups in total. The second-order valence-corrected chi connectivity index (χ2v) is 6.17. The van der Waals surface area contributed by atoms with Gasteiger partial charge in [-0.1, -0.05) is 12.1 Å². The Kier molecular flexibility index (Phi) is 3.85. The van der Waals surface area contributed by atoms with Crippen molar-refractivity contribution in [1.82, 2.24) is 4.72 Å². The minimum Gasteiger partial charge on any atom is -0.379 e. The Labute approximate surface area is 116 Å². The summed E-state index contributed by atoms with van der Waals surface area (Å²) < 4.78 is 25.4. The van der Waals surface area contributed by atoms with E-state index >= 15 is 0 Å². The van der Waals surface area contributed by atoms with E-state index in [4.69, 9.17) is 0 Å². The lowest BCUT2D eigenvalue weighted by molar-refractivity contribution is -0.118. The van der Waals surface area contributed by atoms with Crippen molar-refractivity contribution in [2.45, 2.75) is 17.9 Å². The number of nitrogens with one attached hydrogen (secondary N) is 1. The van der Waals surface area contributed by atoms with Gasteiger partial charge in [0, 0.05) is 17.5 Å². The number of hydrogen-bond donors (Lipinski definition) is 2. The lowest BCUT2D eigenvalue weighted by Crippen LogP contribution is -2.26. The van der Waals surface area contributed by atoms with E-state index in [2.05, 4.69) is 9.71 Å². The molecule has 1 aliphatic heterocycles. The zero-order valence-electron chi connectivity index (χ0n) is 11.0. The summed E-state index contributed by atoms with van der Waals surface area (Å²) in [5.41, 5.74) is 1.32. The molecule has 0 bridgehead atoms. The number of aliphatic hydroxyl groups is 1. The lowest BCUT2D eigenvalue weighted by atomic mass is 9.95. The van der Waals surface area contributed by atoms with Crippen LogP contribution < -0.4 is 4.72 Å². The Bertz CT molecular complexity index is 702. The summed E-state index contributed by atoms with van der Waals surface area (Å²) in [6.45, 7) is 1.66. The van der Waals surface area contributed by atoms with Crippen molar-refractivity contribution in [3.8, 4) is 0 Å². The summed E-state index contributed by atoms with van der Waals surface area (Å²) >= 11 is 0. The lowest BCUT2D eigenvalue weighted by Gasteiger charge is -2.15. The van der Waals surface area contributed by atoms with Crippen molar-refractivity contribution >= 4 is 27.6 Å². The van der Waals surface area contributed by atoms with E-state index in [1.807, 2.05) is 0 Å². The third kappa shape index (κ3) is 2.55. The molecule has 0 spiro atoms. The highest BCUT2D eigenvalue weighted by Gasteiger charge is 2.25. The van der Waals surface area contributed by atoms with Crippen molar-refractivity contribution < 1.29 is 18.3 Å². The van der Waals surface area contributed by atoms with Crippen LogP contribution in [0.15, 0.2) is 39.9 Å². The fourth-order valence-electron chi connectivity index (χ4n) is 1.91. The highest BCUT2D eigenvalue weighted by atomic mass is 32.2. The van der Waals surface area contributed by atoms with Gasteiger partial charge < -0.3 is 5.11 Å². The molecule has 1 aliphatic rings. The van der Waals surface area contributed by atoms with Gasteiger partial charge in [-0.25, -0.2) is 13.1 Å². The quantitative estimate of drug-likeness (QED) is 0.840. The van der Waals surface area contributed by atoms with Gasteiger partial charge in [-0.15, -0.1) is 0 Å². The van der Waals surface area contributed by atoms with E-state index < -0.39 is 21.9 Å². The number of allylic oxidation sites excluding steroid dienone is 1. The molecular weight excluding hydrogens is 280 g/mol. The molecule has 1 unspecified atom stereocenters. The molecule has 20 heavy (non-hydrogen) atoms. The number of ketones is 1. The summed E-state index contributed by atoms with van der Waals surface area (Å²) in [6, 6.07) is 5.85. The van der Waals surface area contributed by atoms with E-state index in [1.165, 1.54) is 37.5 Å². The van der Waals surface area contributed by atoms with E-state index in [0.29, 0.717) is 16.8 Å². The maximum atomic E-state index is 11.9. The first-order valence-electron chi connectivity index (χ1n) is 5.88. The minimum atomic E-state index is -3.51. The summed E-state index contributed by atoms with van der Waals surface area (Å²) in [6.07, 6.45) is -0.0736. The molecular formula is C13H14N2O4S. The fourth-order valence-corrected chi connectivity index (χ4v) is 2.64. The number of sulfonamides is 1. The molecule has 2 rings (SSSR count). The first kappa shape index (κ1) is 14.6. The molecule has 0 aromatic heterocycles. The van der Waals surface area contributed by atoms with Gasteiger partial charge in [-0.05, 0) is 31.7 Å². The summed E-state index contributed by atoms with van der Waals surface area (Å²) in [7, 11) is -2.19. The second-order valence-electron chi connectivity index (χ2n) is 4.28. The molecule has 6 nitrogen and oxygen atoms in total. The number of aliphatic imine (C=N–C) groups is 1. The zero-order valence-corrected chi connectivity index (χ0v) is 11.8. The topological polar surface area (TPSA) is 95.8 Å². The predicted octanol–water partition coefficient (Wildman–Crippen LogP) is 0.340. The SMILES string of the molecule is CNS(=O)(=O)c1ccc(C2=C(C)N=CC(O)C2=O)cc1. The average Bonchev–Trinajstić information content (AvgIpc) is 2.44. The highest BCUT2D eigenvalue weighted by Crippen LogP contribution is 2.25. The van der Waals surface area contributed by atoms with Gasteiger partial charge in [0.2, 0.25) is 10.0 Å². The van der Waals surface area contributed by atoms with Gasteiger partial charge in [0.25, 0.3) is 0 Å². The van der Waals surface area contributed by atoms with Crippen molar-refractivity contribution in [3.05, 3.63) is 35.5 Å². The molecule has 1 aromatic rings. The molecule has 0 saturated heterocycles. The van der Waals surface area contributed by atoms with E-state index in [1.54, 1.807) is 6.92 Å². The van der Waals surface area contributed by atoms with Gasteiger partial charge in [-0.2, -0.15) is 0 Å². The van der Waals surface area contributed by atoms with Gasteiger partial charge in [0.15, 0.2) is 11.9 Å². The van der Waals surface area contributed by atoms with E-state index in [0.717, 1.165) is 0 Å². The minimum absolute atomic E-state index is 0.106. The van der Waals surface area contributed by atoms with E-state index in [9.17, 15) is 18.3 Å². The smallest absolute Gasteiger partial charge is 0.240 e. The molecule has 1 heterocycles.